The highest BCUT2D eigenvalue weighted by atomic mass is 33.1. The van der Waals surface area contributed by atoms with Crippen molar-refractivity contribution >= 4 is 45.3 Å². The molecule has 0 aliphatic carbocycles. The first kappa shape index (κ1) is 30.7. The maximum absolute atomic E-state index is 12.9. The molecule has 4 N–H and O–H groups in total. The van der Waals surface area contributed by atoms with Crippen LogP contribution in [0.15, 0.2) is 0 Å². The lowest BCUT2D eigenvalue weighted by atomic mass is 10.1. The van der Waals surface area contributed by atoms with E-state index in [2.05, 4.69) is 13.8 Å². The number of carbonyl (C=O) groups is 4. The van der Waals surface area contributed by atoms with Crippen LogP contribution in [0.25, 0.3) is 0 Å². The predicted molar refractivity (Wildman–Crippen MR) is 131 cm³/mol. The third-order valence-corrected chi connectivity index (χ3v) is 7.43. The van der Waals surface area contributed by atoms with Gasteiger partial charge in [-0.2, -0.15) is 0 Å². The summed E-state index contributed by atoms with van der Waals surface area (Å²) in [4.78, 5) is 49.4. The van der Waals surface area contributed by atoms with Gasteiger partial charge in [0.1, 0.15) is 12.1 Å². The average molecular weight is 493 g/mol. The van der Waals surface area contributed by atoms with Crippen molar-refractivity contribution in [3.8, 4) is 0 Å². The highest BCUT2D eigenvalue weighted by molar-refractivity contribution is 8.76. The van der Waals surface area contributed by atoms with Crippen LogP contribution in [0.2, 0.25) is 0 Å². The van der Waals surface area contributed by atoms with Crippen molar-refractivity contribution in [3.63, 3.8) is 0 Å². The summed E-state index contributed by atoms with van der Waals surface area (Å²) in [7, 11) is 2.24. The molecule has 0 aliphatic rings. The molecule has 0 saturated carbocycles. The lowest BCUT2D eigenvalue weighted by molar-refractivity contribution is -0.157. The zero-order chi connectivity index (χ0) is 24.4. The smallest absolute Gasteiger partial charge is 0.327 e. The maximum atomic E-state index is 12.9. The summed E-state index contributed by atoms with van der Waals surface area (Å²) >= 11 is 0. The monoisotopic (exact) mass is 492 g/mol. The number of rotatable bonds is 20. The van der Waals surface area contributed by atoms with E-state index in [4.69, 9.17) is 10.8 Å². The van der Waals surface area contributed by atoms with Gasteiger partial charge in [0, 0.05) is 24.3 Å². The molecule has 10 heteroatoms. The highest BCUT2D eigenvalue weighted by Gasteiger charge is 2.34. The van der Waals surface area contributed by atoms with Crippen LogP contribution in [0.4, 0.5) is 0 Å². The Balaban J connectivity index is 5.04. The van der Waals surface area contributed by atoms with Gasteiger partial charge in [0.2, 0.25) is 11.8 Å². The number of carboxylic acids is 2. The van der Waals surface area contributed by atoms with E-state index in [-0.39, 0.29) is 24.3 Å². The van der Waals surface area contributed by atoms with Crippen LogP contribution in [0.5, 0.6) is 0 Å². The lowest BCUT2D eigenvalue weighted by Crippen LogP contribution is -2.50. The van der Waals surface area contributed by atoms with E-state index in [0.29, 0.717) is 12.8 Å². The van der Waals surface area contributed by atoms with Gasteiger partial charge in [0.05, 0.1) is 0 Å². The Morgan fingerprint density at radius 1 is 0.719 bits per heavy atom. The van der Waals surface area contributed by atoms with Gasteiger partial charge in [-0.1, -0.05) is 86.8 Å². The summed E-state index contributed by atoms with van der Waals surface area (Å²) < 4.78 is 0. The Labute approximate surface area is 199 Å². The van der Waals surface area contributed by atoms with Gasteiger partial charge in [-0.15, -0.1) is 0 Å². The van der Waals surface area contributed by atoms with Crippen molar-refractivity contribution < 1.29 is 29.4 Å². The molecule has 0 aromatic rings. The summed E-state index contributed by atoms with van der Waals surface area (Å²) in [6, 6.07) is -2.33. The Kier molecular flexibility index (Phi) is 18.5. The van der Waals surface area contributed by atoms with Crippen molar-refractivity contribution in [2.24, 2.45) is 5.73 Å². The van der Waals surface area contributed by atoms with Crippen LogP contribution in [0.3, 0.4) is 0 Å². The normalized spacial score (nSPS) is 12.8. The standard InChI is InChI=1S/C22H40N2O6S2/c1-3-5-7-9-11-13-19(25)24(20(26)14-12-10-8-6-4-2)18(22(29)30)16-32-31-15-17(23)21(27)28/h17-18H,3-16,23H2,1-2H3,(H,27,28)(H,29,30)/t17-,18-/m0/s1. The number of imide groups is 1. The second-order valence-electron chi connectivity index (χ2n) is 7.85. The molecule has 0 aromatic carbocycles. The van der Waals surface area contributed by atoms with Gasteiger partial charge < -0.3 is 15.9 Å². The molecule has 0 aliphatic heterocycles. The first-order valence-corrected chi connectivity index (χ1v) is 14.0. The number of unbranched alkanes of at least 4 members (excludes halogenated alkanes) is 8. The number of aliphatic carboxylic acids is 2. The van der Waals surface area contributed by atoms with Crippen LogP contribution < -0.4 is 5.73 Å². The van der Waals surface area contributed by atoms with Crippen LogP contribution in [0, 0.1) is 0 Å². The van der Waals surface area contributed by atoms with Gasteiger partial charge in [0.25, 0.3) is 0 Å². The molecule has 0 saturated heterocycles. The van der Waals surface area contributed by atoms with Crippen LogP contribution in [-0.4, -0.2) is 62.5 Å². The number of hydrogen-bond acceptors (Lipinski definition) is 7. The maximum Gasteiger partial charge on any atom is 0.327 e. The van der Waals surface area contributed by atoms with Gasteiger partial charge in [-0.25, -0.2) is 4.79 Å². The molecule has 0 spiro atoms. The van der Waals surface area contributed by atoms with E-state index < -0.39 is 35.8 Å². The SMILES string of the molecule is CCCCCCCC(=O)N(C(=O)CCCCCCC)[C@@H](CSSC[C@H](N)C(=O)O)C(=O)O. The molecular weight excluding hydrogens is 452 g/mol. The minimum absolute atomic E-state index is 0.0184. The largest absolute Gasteiger partial charge is 0.480 e. The van der Waals surface area contributed by atoms with Gasteiger partial charge >= 0.3 is 11.9 Å². The molecule has 0 rings (SSSR count). The van der Waals surface area contributed by atoms with Gasteiger partial charge in [0.15, 0.2) is 0 Å². The fraction of sp³-hybridized carbons (Fsp3) is 0.818. The zero-order valence-electron chi connectivity index (χ0n) is 19.4. The second kappa shape index (κ2) is 19.2. The summed E-state index contributed by atoms with van der Waals surface area (Å²) in [5, 5.41) is 18.6. The minimum Gasteiger partial charge on any atom is -0.480 e. The third kappa shape index (κ3) is 14.0. The predicted octanol–water partition coefficient (Wildman–Crippen LogP) is 4.31. The Morgan fingerprint density at radius 2 is 1.16 bits per heavy atom. The van der Waals surface area contributed by atoms with E-state index in [1.165, 1.54) is 0 Å². The summed E-state index contributed by atoms with van der Waals surface area (Å²) in [6.45, 7) is 4.20. The molecule has 0 bridgehead atoms. The average Bonchev–Trinajstić information content (AvgIpc) is 2.74. The molecule has 32 heavy (non-hydrogen) atoms. The van der Waals surface area contributed by atoms with E-state index >= 15 is 0 Å². The molecule has 0 unspecified atom stereocenters. The molecular formula is C22H40N2O6S2. The van der Waals surface area contributed by atoms with Crippen molar-refractivity contribution in [1.29, 1.82) is 0 Å². The number of amides is 2. The molecule has 0 fully saturated rings. The lowest BCUT2D eigenvalue weighted by Gasteiger charge is -2.27. The Bertz CT molecular complexity index is 551. The molecule has 2 atom stereocenters. The van der Waals surface area contributed by atoms with E-state index in [0.717, 1.165) is 77.9 Å². The quantitative estimate of drug-likeness (QED) is 0.168. The number of nitrogens with two attached hydrogens (primary N) is 1. The molecule has 0 radical (unpaired) electrons. The third-order valence-electron chi connectivity index (χ3n) is 5.00. The van der Waals surface area contributed by atoms with Gasteiger partial charge in [-0.05, 0) is 12.8 Å². The fourth-order valence-electron chi connectivity index (χ4n) is 3.05. The van der Waals surface area contributed by atoms with E-state index in [9.17, 15) is 24.3 Å². The van der Waals surface area contributed by atoms with Crippen molar-refractivity contribution in [1.82, 2.24) is 4.90 Å². The van der Waals surface area contributed by atoms with Crippen LogP contribution in [0.1, 0.15) is 90.9 Å². The molecule has 2 amide bonds. The topological polar surface area (TPSA) is 138 Å². The van der Waals surface area contributed by atoms with Crippen molar-refractivity contribution in [2.75, 3.05) is 11.5 Å². The van der Waals surface area contributed by atoms with Crippen molar-refractivity contribution in [2.45, 2.75) is 103 Å². The van der Waals surface area contributed by atoms with Gasteiger partial charge in [-0.3, -0.25) is 19.3 Å². The zero-order valence-corrected chi connectivity index (χ0v) is 21.1. The molecule has 0 heterocycles. The molecule has 0 aromatic heterocycles. The van der Waals surface area contributed by atoms with Crippen LogP contribution >= 0.6 is 21.6 Å². The van der Waals surface area contributed by atoms with Crippen LogP contribution in [-0.2, 0) is 19.2 Å². The summed E-state index contributed by atoms with van der Waals surface area (Å²) in [5.74, 6) is -3.18. The molecule has 8 nitrogen and oxygen atoms in total. The number of carboxylic acid groups (broad SMARTS) is 2. The van der Waals surface area contributed by atoms with E-state index in [1.807, 2.05) is 0 Å². The summed E-state index contributed by atoms with van der Waals surface area (Å²) in [6.07, 6.45) is 9.63. The highest BCUT2D eigenvalue weighted by Crippen LogP contribution is 2.25. The molecule has 186 valence electrons. The first-order valence-electron chi connectivity index (χ1n) is 11.6. The fourth-order valence-corrected chi connectivity index (χ4v) is 5.35. The van der Waals surface area contributed by atoms with E-state index in [1.54, 1.807) is 0 Å². The number of nitrogens with zero attached hydrogens (tertiary/aromatic N) is 1. The summed E-state index contributed by atoms with van der Waals surface area (Å²) in [5.41, 5.74) is 5.46. The van der Waals surface area contributed by atoms with Crippen molar-refractivity contribution in [3.05, 3.63) is 0 Å². The first-order chi connectivity index (χ1) is 15.3. The Morgan fingerprint density at radius 3 is 1.56 bits per heavy atom. The minimum atomic E-state index is -1.28. The Hall–Kier alpha value is -1.26. The number of hydrogen-bond donors (Lipinski definition) is 3. The number of carbonyl (C=O) groups excluding carboxylic acids is 2. The second-order valence-corrected chi connectivity index (χ2v) is 10.4.